The molecular formula is C22H24ClF2N5O2S. The summed E-state index contributed by atoms with van der Waals surface area (Å²) in [5.41, 5.74) is 1.30. The summed E-state index contributed by atoms with van der Waals surface area (Å²) in [4.78, 5) is 14.8. The molecule has 1 heterocycles. The van der Waals surface area contributed by atoms with E-state index in [1.807, 2.05) is 42.6 Å². The highest BCUT2D eigenvalue weighted by atomic mass is 35.5. The van der Waals surface area contributed by atoms with E-state index in [0.29, 0.717) is 15.9 Å². The van der Waals surface area contributed by atoms with Crippen molar-refractivity contribution in [3.8, 4) is 11.4 Å². The van der Waals surface area contributed by atoms with Crippen LogP contribution in [0.3, 0.4) is 0 Å². The van der Waals surface area contributed by atoms with Crippen molar-refractivity contribution < 1.29 is 18.3 Å². The largest absolute Gasteiger partial charge is 0.435 e. The fraction of sp³-hybridized carbons (Fsp3) is 0.318. The summed E-state index contributed by atoms with van der Waals surface area (Å²) in [7, 11) is 3.90. The van der Waals surface area contributed by atoms with E-state index >= 15 is 0 Å². The Kier molecular flexibility index (Phi) is 8.28. The molecule has 2 atom stereocenters. The van der Waals surface area contributed by atoms with Gasteiger partial charge in [-0.25, -0.2) is 0 Å². The SMILES string of the molecule is CC(Sc1nnc(C(C)N(C)C)n1-c1ccc(Cl)cc1)C(=O)Nc1ccc(OC(F)F)cc1. The summed E-state index contributed by atoms with van der Waals surface area (Å²) in [6.07, 6.45) is 0. The van der Waals surface area contributed by atoms with Crippen LogP contribution in [0.4, 0.5) is 14.5 Å². The molecule has 176 valence electrons. The van der Waals surface area contributed by atoms with Crippen LogP contribution in [-0.2, 0) is 4.79 Å². The Bertz CT molecular complexity index is 1080. The van der Waals surface area contributed by atoms with Gasteiger partial charge in [0.2, 0.25) is 5.91 Å². The molecular weight excluding hydrogens is 472 g/mol. The maximum absolute atomic E-state index is 12.8. The first kappa shape index (κ1) is 24.9. The van der Waals surface area contributed by atoms with Crippen molar-refractivity contribution in [1.29, 1.82) is 0 Å². The molecule has 0 bridgehead atoms. The summed E-state index contributed by atoms with van der Waals surface area (Å²) in [5.74, 6) is 0.478. The van der Waals surface area contributed by atoms with Crippen molar-refractivity contribution in [3.63, 3.8) is 0 Å². The average molecular weight is 496 g/mol. The quantitative estimate of drug-likeness (QED) is 0.408. The molecule has 1 amide bonds. The molecule has 7 nitrogen and oxygen atoms in total. The number of amides is 1. The normalized spacial score (nSPS) is 13.2. The van der Waals surface area contributed by atoms with Crippen molar-refractivity contribution in [2.75, 3.05) is 19.4 Å². The van der Waals surface area contributed by atoms with Gasteiger partial charge in [-0.05, 0) is 76.5 Å². The summed E-state index contributed by atoms with van der Waals surface area (Å²) in [6, 6.07) is 13.0. The van der Waals surface area contributed by atoms with Gasteiger partial charge in [-0.1, -0.05) is 23.4 Å². The van der Waals surface area contributed by atoms with E-state index in [4.69, 9.17) is 11.6 Å². The zero-order valence-electron chi connectivity index (χ0n) is 18.5. The molecule has 11 heteroatoms. The monoisotopic (exact) mass is 495 g/mol. The van der Waals surface area contributed by atoms with Crippen molar-refractivity contribution in [2.24, 2.45) is 0 Å². The number of carbonyl (C=O) groups is 1. The molecule has 0 radical (unpaired) electrons. The molecule has 3 aromatic rings. The van der Waals surface area contributed by atoms with E-state index in [-0.39, 0.29) is 17.7 Å². The lowest BCUT2D eigenvalue weighted by Crippen LogP contribution is -2.23. The minimum absolute atomic E-state index is 0.0176. The van der Waals surface area contributed by atoms with Crippen molar-refractivity contribution >= 4 is 35.0 Å². The van der Waals surface area contributed by atoms with E-state index in [9.17, 15) is 13.6 Å². The Labute approximate surface area is 200 Å². The molecule has 2 aromatic carbocycles. The molecule has 0 fully saturated rings. The molecule has 0 spiro atoms. The second kappa shape index (κ2) is 11.0. The third-order valence-electron chi connectivity index (χ3n) is 4.89. The zero-order valence-corrected chi connectivity index (χ0v) is 20.1. The second-order valence-electron chi connectivity index (χ2n) is 7.44. The number of thioether (sulfide) groups is 1. The summed E-state index contributed by atoms with van der Waals surface area (Å²) in [6.45, 7) is 0.868. The smallest absolute Gasteiger partial charge is 0.387 e. The number of hydrogen-bond donors (Lipinski definition) is 1. The molecule has 33 heavy (non-hydrogen) atoms. The maximum atomic E-state index is 12.8. The van der Waals surface area contributed by atoms with Crippen LogP contribution in [-0.4, -0.2) is 51.5 Å². The molecule has 1 aromatic heterocycles. The first-order valence-electron chi connectivity index (χ1n) is 10.1. The number of carbonyl (C=O) groups excluding carboxylic acids is 1. The van der Waals surface area contributed by atoms with E-state index in [1.165, 1.54) is 36.0 Å². The van der Waals surface area contributed by atoms with Gasteiger partial charge in [0, 0.05) is 16.4 Å². The molecule has 0 aliphatic heterocycles. The van der Waals surface area contributed by atoms with Gasteiger partial charge < -0.3 is 10.1 Å². The number of ether oxygens (including phenoxy) is 1. The highest BCUT2D eigenvalue weighted by Crippen LogP contribution is 2.30. The summed E-state index contributed by atoms with van der Waals surface area (Å²) >= 11 is 7.31. The number of aromatic nitrogens is 3. The molecule has 0 aliphatic carbocycles. The molecule has 0 saturated carbocycles. The standard InChI is InChI=1S/C22H24ClF2N5O2S/c1-13(29(3)4)19-27-28-22(30(19)17-9-5-15(23)6-10-17)33-14(2)20(31)26-16-7-11-18(12-8-16)32-21(24)25/h5-14,21H,1-4H3,(H,26,31). The Balaban J connectivity index is 1.79. The minimum atomic E-state index is -2.90. The van der Waals surface area contributed by atoms with Gasteiger partial charge in [-0.15, -0.1) is 10.2 Å². The first-order valence-corrected chi connectivity index (χ1v) is 11.3. The number of halogens is 3. The van der Waals surface area contributed by atoms with Crippen LogP contribution in [0.5, 0.6) is 5.75 Å². The number of hydrogen-bond acceptors (Lipinski definition) is 6. The van der Waals surface area contributed by atoms with E-state index < -0.39 is 11.9 Å². The highest BCUT2D eigenvalue weighted by Gasteiger charge is 2.24. The fourth-order valence-corrected chi connectivity index (χ4v) is 3.87. The van der Waals surface area contributed by atoms with E-state index in [1.54, 1.807) is 19.1 Å². The molecule has 0 aliphatic rings. The summed E-state index contributed by atoms with van der Waals surface area (Å²) < 4.78 is 30.8. The Morgan fingerprint density at radius 2 is 1.73 bits per heavy atom. The van der Waals surface area contributed by atoms with Crippen LogP contribution in [0.1, 0.15) is 25.7 Å². The molecule has 1 N–H and O–H groups in total. The van der Waals surface area contributed by atoms with Gasteiger partial charge >= 0.3 is 6.61 Å². The number of nitrogens with zero attached hydrogens (tertiary/aromatic N) is 4. The van der Waals surface area contributed by atoms with Gasteiger partial charge in [0.1, 0.15) is 5.75 Å². The topological polar surface area (TPSA) is 72.3 Å². The van der Waals surface area contributed by atoms with Gasteiger partial charge in [0.15, 0.2) is 11.0 Å². The fourth-order valence-electron chi connectivity index (χ4n) is 2.87. The van der Waals surface area contributed by atoms with E-state index in [2.05, 4.69) is 20.3 Å². The lowest BCUT2D eigenvalue weighted by molar-refractivity contribution is -0.115. The molecule has 3 rings (SSSR count). The van der Waals surface area contributed by atoms with E-state index in [0.717, 1.165) is 11.5 Å². The lowest BCUT2D eigenvalue weighted by Gasteiger charge is -2.21. The minimum Gasteiger partial charge on any atom is -0.435 e. The lowest BCUT2D eigenvalue weighted by atomic mass is 10.2. The predicted octanol–water partition coefficient (Wildman–Crippen LogP) is 5.26. The third-order valence-corrected chi connectivity index (χ3v) is 6.18. The van der Waals surface area contributed by atoms with Crippen LogP contribution >= 0.6 is 23.4 Å². The number of rotatable bonds is 9. The maximum Gasteiger partial charge on any atom is 0.387 e. The molecule has 0 saturated heterocycles. The average Bonchev–Trinajstić information content (AvgIpc) is 3.17. The van der Waals surface area contributed by atoms with Crippen LogP contribution in [0, 0.1) is 0 Å². The van der Waals surface area contributed by atoms with Gasteiger partial charge in [-0.2, -0.15) is 8.78 Å². The predicted molar refractivity (Wildman–Crippen MR) is 125 cm³/mol. The summed E-state index contributed by atoms with van der Waals surface area (Å²) in [5, 5.41) is 12.1. The number of benzene rings is 2. The van der Waals surface area contributed by atoms with Crippen LogP contribution in [0.15, 0.2) is 53.7 Å². The van der Waals surface area contributed by atoms with Gasteiger partial charge in [-0.3, -0.25) is 14.3 Å². The zero-order chi connectivity index (χ0) is 24.1. The number of nitrogens with one attached hydrogen (secondary N) is 1. The van der Waals surface area contributed by atoms with Crippen molar-refractivity contribution in [2.45, 2.75) is 36.9 Å². The number of alkyl halides is 2. The Morgan fingerprint density at radius 3 is 2.30 bits per heavy atom. The first-order chi connectivity index (χ1) is 15.7. The van der Waals surface area contributed by atoms with Crippen LogP contribution < -0.4 is 10.1 Å². The molecule has 2 unspecified atom stereocenters. The second-order valence-corrected chi connectivity index (χ2v) is 9.19. The number of anilines is 1. The van der Waals surface area contributed by atoms with Crippen molar-refractivity contribution in [1.82, 2.24) is 19.7 Å². The van der Waals surface area contributed by atoms with Gasteiger partial charge in [0.25, 0.3) is 0 Å². The van der Waals surface area contributed by atoms with Crippen LogP contribution in [0.2, 0.25) is 5.02 Å². The van der Waals surface area contributed by atoms with Crippen LogP contribution in [0.25, 0.3) is 5.69 Å². The Hall–Kier alpha value is -2.69. The van der Waals surface area contributed by atoms with Crippen molar-refractivity contribution in [3.05, 3.63) is 59.4 Å². The highest BCUT2D eigenvalue weighted by molar-refractivity contribution is 8.00. The Morgan fingerprint density at radius 1 is 1.09 bits per heavy atom. The van der Waals surface area contributed by atoms with Gasteiger partial charge in [0.05, 0.1) is 11.3 Å². The third kappa shape index (κ3) is 6.43.